The maximum absolute atomic E-state index is 12.3. The number of aliphatic hydroxyl groups is 1. The first-order valence-electron chi connectivity index (χ1n) is 8.49. The van der Waals surface area contributed by atoms with E-state index in [1.165, 1.54) is 6.92 Å². The molecule has 0 radical (unpaired) electrons. The Morgan fingerprint density at radius 1 is 1.10 bits per heavy atom. The van der Waals surface area contributed by atoms with E-state index in [1.54, 1.807) is 30.3 Å². The second kappa shape index (κ2) is 9.93. The number of nitro groups is 2. The van der Waals surface area contributed by atoms with Crippen molar-refractivity contribution in [1.82, 2.24) is 5.32 Å². The highest BCUT2D eigenvalue weighted by Crippen LogP contribution is 2.31. The Morgan fingerprint density at radius 2 is 1.77 bits per heavy atom. The van der Waals surface area contributed by atoms with Gasteiger partial charge in [-0.3, -0.25) is 20.2 Å². The monoisotopic (exact) mass is 419 g/mol. The summed E-state index contributed by atoms with van der Waals surface area (Å²) in [6.45, 7) is 1.09. The molecule has 2 atom stereocenters. The predicted molar refractivity (Wildman–Crippen MR) is 101 cm³/mol. The molecule has 0 aliphatic rings. The first kappa shape index (κ1) is 22.2. The molecule has 158 valence electrons. The predicted octanol–water partition coefficient (Wildman–Crippen LogP) is 2.08. The summed E-state index contributed by atoms with van der Waals surface area (Å²) in [5.41, 5.74) is -0.713. The Bertz CT molecular complexity index is 947. The van der Waals surface area contributed by atoms with Crippen LogP contribution in [-0.4, -0.2) is 39.2 Å². The lowest BCUT2D eigenvalue weighted by Gasteiger charge is -2.19. The Morgan fingerprint density at radius 3 is 2.33 bits per heavy atom. The molecule has 2 rings (SSSR count). The Kier molecular flexibility index (Phi) is 7.36. The molecule has 30 heavy (non-hydrogen) atoms. The fourth-order valence-electron chi connectivity index (χ4n) is 2.29. The maximum atomic E-state index is 12.3. The van der Waals surface area contributed by atoms with Crippen molar-refractivity contribution in [3.05, 3.63) is 74.3 Å². The summed E-state index contributed by atoms with van der Waals surface area (Å²) in [6, 6.07) is 9.48. The van der Waals surface area contributed by atoms with Crippen LogP contribution >= 0.6 is 0 Å². The highest BCUT2D eigenvalue weighted by Gasteiger charge is 2.31. The fraction of sp³-hybridized carbons (Fsp3) is 0.222. The van der Waals surface area contributed by atoms with Crippen molar-refractivity contribution < 1.29 is 34.0 Å². The van der Waals surface area contributed by atoms with Crippen LogP contribution in [0, 0.1) is 20.2 Å². The van der Waals surface area contributed by atoms with Crippen molar-refractivity contribution in [3.63, 3.8) is 0 Å². The molecule has 1 amide bonds. The second-order valence-electron chi connectivity index (χ2n) is 6.01. The van der Waals surface area contributed by atoms with Crippen LogP contribution in [0.15, 0.2) is 48.5 Å². The van der Waals surface area contributed by atoms with Gasteiger partial charge in [0.1, 0.15) is 6.61 Å². The van der Waals surface area contributed by atoms with Crippen LogP contribution in [0.1, 0.15) is 12.5 Å². The van der Waals surface area contributed by atoms with Crippen molar-refractivity contribution >= 4 is 23.4 Å². The lowest BCUT2D eigenvalue weighted by molar-refractivity contribution is -0.394. The van der Waals surface area contributed by atoms with Crippen LogP contribution < -0.4 is 10.1 Å². The minimum absolute atomic E-state index is 0.0952. The number of hydrogen-bond donors (Lipinski definition) is 2. The summed E-state index contributed by atoms with van der Waals surface area (Å²) in [7, 11) is 0. The molecular weight excluding hydrogens is 402 g/mol. The Labute approximate surface area is 169 Å². The van der Waals surface area contributed by atoms with Gasteiger partial charge in [0, 0.05) is 6.07 Å². The third-order valence-electron chi connectivity index (χ3n) is 3.78. The number of benzene rings is 2. The molecule has 2 N–H and O–H groups in total. The standard InChI is InChI=1S/C18H17N3O9/c1-11(22)16(19-18(24)29-10-12-5-3-2-4-6-12)17(23)30-15-8-7-13(20(25)26)9-14(15)21(27)28/h2-9,11,16,22H,10H2,1H3,(H,19,24)/t11-,16+/m1/s1. The van der Waals surface area contributed by atoms with E-state index in [-0.39, 0.29) is 6.61 Å². The Hall–Kier alpha value is -4.06. The number of carbonyl (C=O) groups excluding carboxylic acids is 2. The van der Waals surface area contributed by atoms with E-state index >= 15 is 0 Å². The van der Waals surface area contributed by atoms with Gasteiger partial charge in [0.2, 0.25) is 5.75 Å². The number of amides is 1. The normalized spacial score (nSPS) is 12.3. The molecule has 2 aromatic carbocycles. The molecule has 0 heterocycles. The van der Waals surface area contributed by atoms with E-state index in [0.717, 1.165) is 12.1 Å². The second-order valence-corrected chi connectivity index (χ2v) is 6.01. The van der Waals surface area contributed by atoms with Crippen LogP contribution in [0.5, 0.6) is 5.75 Å². The van der Waals surface area contributed by atoms with Crippen LogP contribution in [0.25, 0.3) is 0 Å². The van der Waals surface area contributed by atoms with Crippen molar-refractivity contribution in [3.8, 4) is 5.75 Å². The molecule has 0 saturated heterocycles. The summed E-state index contributed by atoms with van der Waals surface area (Å²) in [5.74, 6) is -1.81. The van der Waals surface area contributed by atoms with Gasteiger partial charge >= 0.3 is 17.7 Å². The van der Waals surface area contributed by atoms with Crippen molar-refractivity contribution in [2.45, 2.75) is 25.7 Å². The summed E-state index contributed by atoms with van der Waals surface area (Å²) in [6.07, 6.45) is -2.46. The smallest absolute Gasteiger partial charge is 0.408 e. The molecule has 0 fully saturated rings. The van der Waals surface area contributed by atoms with Gasteiger partial charge in [-0.1, -0.05) is 30.3 Å². The zero-order valence-electron chi connectivity index (χ0n) is 15.6. The van der Waals surface area contributed by atoms with Gasteiger partial charge < -0.3 is 19.9 Å². The number of ether oxygens (including phenoxy) is 2. The first-order valence-corrected chi connectivity index (χ1v) is 8.49. The van der Waals surface area contributed by atoms with Crippen molar-refractivity contribution in [1.29, 1.82) is 0 Å². The number of alkyl carbamates (subject to hydrolysis) is 1. The number of nitrogens with zero attached hydrogens (tertiary/aromatic N) is 2. The van der Waals surface area contributed by atoms with Crippen molar-refractivity contribution in [2.24, 2.45) is 0 Å². The molecule has 0 aromatic heterocycles. The number of esters is 1. The minimum Gasteiger partial charge on any atom is -0.445 e. The largest absolute Gasteiger partial charge is 0.445 e. The van der Waals surface area contributed by atoms with Crippen LogP contribution in [0.2, 0.25) is 0 Å². The van der Waals surface area contributed by atoms with Gasteiger partial charge in [0.25, 0.3) is 5.69 Å². The third-order valence-corrected chi connectivity index (χ3v) is 3.78. The molecule has 12 heteroatoms. The number of hydrogen-bond acceptors (Lipinski definition) is 9. The zero-order chi connectivity index (χ0) is 22.3. The van der Waals surface area contributed by atoms with Crippen LogP contribution in [0.3, 0.4) is 0 Å². The SMILES string of the molecule is C[C@@H](O)[C@H](NC(=O)OCc1ccccc1)C(=O)Oc1ccc([N+](=O)[O-])cc1[N+](=O)[O-]. The number of aliphatic hydroxyl groups excluding tert-OH is 1. The van der Waals surface area contributed by atoms with Gasteiger partial charge in [-0.15, -0.1) is 0 Å². The fourth-order valence-corrected chi connectivity index (χ4v) is 2.29. The maximum Gasteiger partial charge on any atom is 0.408 e. The van der Waals surface area contributed by atoms with E-state index in [2.05, 4.69) is 5.32 Å². The van der Waals surface area contributed by atoms with Gasteiger partial charge in [0.15, 0.2) is 6.04 Å². The number of nitrogens with one attached hydrogen (secondary N) is 1. The molecule has 0 aliphatic carbocycles. The third kappa shape index (κ3) is 5.97. The van der Waals surface area contributed by atoms with Gasteiger partial charge in [0.05, 0.1) is 22.0 Å². The lowest BCUT2D eigenvalue weighted by atomic mass is 10.2. The molecule has 12 nitrogen and oxygen atoms in total. The van der Waals surface area contributed by atoms with E-state index in [0.29, 0.717) is 11.6 Å². The van der Waals surface area contributed by atoms with E-state index in [4.69, 9.17) is 9.47 Å². The highest BCUT2D eigenvalue weighted by atomic mass is 16.6. The van der Waals surface area contributed by atoms with Crippen LogP contribution in [0.4, 0.5) is 16.2 Å². The molecular formula is C18H17N3O9. The Balaban J connectivity index is 2.09. The first-order chi connectivity index (χ1) is 14.2. The molecule has 0 aliphatic heterocycles. The lowest BCUT2D eigenvalue weighted by Crippen LogP contribution is -2.49. The van der Waals surface area contributed by atoms with Gasteiger partial charge in [-0.2, -0.15) is 0 Å². The van der Waals surface area contributed by atoms with Gasteiger partial charge in [-0.05, 0) is 18.6 Å². The van der Waals surface area contributed by atoms with E-state index < -0.39 is 51.2 Å². The quantitative estimate of drug-likeness (QED) is 0.281. The van der Waals surface area contributed by atoms with E-state index in [1.807, 2.05) is 0 Å². The number of nitro benzene ring substituents is 2. The van der Waals surface area contributed by atoms with Gasteiger partial charge in [-0.25, -0.2) is 9.59 Å². The zero-order valence-corrected chi connectivity index (χ0v) is 15.6. The van der Waals surface area contributed by atoms with Crippen LogP contribution in [-0.2, 0) is 16.1 Å². The van der Waals surface area contributed by atoms with E-state index in [9.17, 15) is 34.9 Å². The number of non-ortho nitro benzene ring substituents is 1. The highest BCUT2D eigenvalue weighted by molar-refractivity contribution is 5.84. The summed E-state index contributed by atoms with van der Waals surface area (Å²) in [5, 5.41) is 33.8. The van der Waals surface area contributed by atoms with Crippen molar-refractivity contribution in [2.75, 3.05) is 0 Å². The summed E-state index contributed by atoms with van der Waals surface area (Å²) >= 11 is 0. The summed E-state index contributed by atoms with van der Waals surface area (Å²) < 4.78 is 9.86. The molecule has 2 aromatic rings. The number of carbonyl (C=O) groups is 2. The molecule has 0 spiro atoms. The average Bonchev–Trinajstić information content (AvgIpc) is 2.70. The molecule has 0 bridgehead atoms. The topological polar surface area (TPSA) is 171 Å². The average molecular weight is 419 g/mol. The molecule has 0 unspecified atom stereocenters. The molecule has 0 saturated carbocycles. The number of rotatable bonds is 8. The summed E-state index contributed by atoms with van der Waals surface area (Å²) in [4.78, 5) is 44.4. The minimum atomic E-state index is -1.61.